The third kappa shape index (κ3) is 2.43. The van der Waals surface area contributed by atoms with E-state index < -0.39 is 7.60 Å². The van der Waals surface area contributed by atoms with E-state index in [4.69, 9.17) is 9.05 Å². The van der Waals surface area contributed by atoms with Gasteiger partial charge in [-0.3, -0.25) is 4.57 Å². The van der Waals surface area contributed by atoms with Gasteiger partial charge in [0.05, 0.1) is 18.9 Å². The first-order valence-corrected chi connectivity index (χ1v) is 6.30. The summed E-state index contributed by atoms with van der Waals surface area (Å²) >= 11 is 0. The summed E-state index contributed by atoms with van der Waals surface area (Å²) in [7, 11) is -2.82. The van der Waals surface area contributed by atoms with Crippen LogP contribution >= 0.6 is 7.60 Å². The Morgan fingerprint density at radius 1 is 1.46 bits per heavy atom. The second kappa shape index (κ2) is 4.41. The highest BCUT2D eigenvalue weighted by atomic mass is 31.2. The first kappa shape index (κ1) is 11.0. The number of rotatable bonds is 6. The van der Waals surface area contributed by atoms with Crippen molar-refractivity contribution in [2.24, 2.45) is 5.92 Å². The summed E-state index contributed by atoms with van der Waals surface area (Å²) < 4.78 is 22.5. The van der Waals surface area contributed by atoms with Crippen LogP contribution in [0.3, 0.4) is 0 Å². The maximum atomic E-state index is 12.1. The molecule has 2 atom stereocenters. The molecule has 13 heavy (non-hydrogen) atoms. The van der Waals surface area contributed by atoms with Gasteiger partial charge in [0.1, 0.15) is 0 Å². The molecule has 1 fully saturated rings. The van der Waals surface area contributed by atoms with Gasteiger partial charge >= 0.3 is 7.60 Å². The Labute approximate surface area is 79.7 Å². The molecule has 0 aromatic carbocycles. The predicted octanol–water partition coefficient (Wildman–Crippen LogP) is 2.83. The van der Waals surface area contributed by atoms with Crippen molar-refractivity contribution in [1.29, 1.82) is 0 Å². The Kier molecular flexibility index (Phi) is 3.72. The Balaban J connectivity index is 2.57. The van der Waals surface area contributed by atoms with Crippen molar-refractivity contribution >= 4 is 7.60 Å². The van der Waals surface area contributed by atoms with Crippen LogP contribution in [-0.2, 0) is 13.6 Å². The van der Waals surface area contributed by atoms with E-state index in [1.165, 1.54) is 0 Å². The zero-order valence-corrected chi connectivity index (χ0v) is 9.13. The van der Waals surface area contributed by atoms with Crippen molar-refractivity contribution in [2.45, 2.75) is 25.9 Å². The largest absolute Gasteiger partial charge is 0.334 e. The molecule has 3 nitrogen and oxygen atoms in total. The van der Waals surface area contributed by atoms with Crippen molar-refractivity contribution in [3.63, 3.8) is 0 Å². The minimum atomic E-state index is -2.82. The summed E-state index contributed by atoms with van der Waals surface area (Å²) in [5.74, 6) is 0.323. The van der Waals surface area contributed by atoms with Crippen LogP contribution in [-0.4, -0.2) is 18.9 Å². The fraction of sp³-hybridized carbons (Fsp3) is 0.778. The van der Waals surface area contributed by atoms with Gasteiger partial charge in [-0.15, -0.1) is 6.58 Å². The fourth-order valence-electron chi connectivity index (χ4n) is 1.41. The summed E-state index contributed by atoms with van der Waals surface area (Å²) in [4.78, 5) is 0. The van der Waals surface area contributed by atoms with Crippen molar-refractivity contribution < 1.29 is 13.6 Å². The van der Waals surface area contributed by atoms with Crippen LogP contribution < -0.4 is 0 Å². The highest BCUT2D eigenvalue weighted by molar-refractivity contribution is 7.55. The van der Waals surface area contributed by atoms with Gasteiger partial charge in [0.2, 0.25) is 0 Å². The Morgan fingerprint density at radius 2 is 2.00 bits per heavy atom. The zero-order valence-electron chi connectivity index (χ0n) is 8.23. The van der Waals surface area contributed by atoms with Gasteiger partial charge in [-0.05, 0) is 26.2 Å². The molecule has 0 saturated heterocycles. The molecule has 4 heteroatoms. The molecule has 1 aliphatic rings. The lowest BCUT2D eigenvalue weighted by atomic mass is 10.4. The first-order valence-electron chi connectivity index (χ1n) is 4.69. The standard InChI is InChI=1S/C9H17O3P/c1-4-8-7-9(8)13(10,11-5-2)12-6-3/h4,8-9H,1,5-7H2,2-3H3/t8?,9-/m0/s1. The molecule has 0 spiro atoms. The van der Waals surface area contributed by atoms with Crippen molar-refractivity contribution in [2.75, 3.05) is 13.2 Å². The van der Waals surface area contributed by atoms with Crippen LogP contribution in [0.1, 0.15) is 20.3 Å². The summed E-state index contributed by atoms with van der Waals surface area (Å²) in [5, 5.41) is 0. The lowest BCUT2D eigenvalue weighted by molar-refractivity contribution is 0.218. The van der Waals surface area contributed by atoms with Crippen LogP contribution in [0, 0.1) is 5.92 Å². The predicted molar refractivity (Wildman–Crippen MR) is 53.0 cm³/mol. The van der Waals surface area contributed by atoms with E-state index in [0.717, 1.165) is 6.42 Å². The molecule has 1 rings (SSSR count). The number of hydrogen-bond donors (Lipinski definition) is 0. The monoisotopic (exact) mass is 204 g/mol. The van der Waals surface area contributed by atoms with E-state index >= 15 is 0 Å². The van der Waals surface area contributed by atoms with E-state index in [9.17, 15) is 4.57 Å². The molecule has 76 valence electrons. The third-order valence-corrected chi connectivity index (χ3v) is 4.77. The van der Waals surface area contributed by atoms with Gasteiger partial charge in [0.15, 0.2) is 0 Å². The van der Waals surface area contributed by atoms with Crippen molar-refractivity contribution in [3.8, 4) is 0 Å². The third-order valence-electron chi connectivity index (χ3n) is 2.13. The van der Waals surface area contributed by atoms with Gasteiger partial charge in [-0.25, -0.2) is 0 Å². The molecule has 0 aliphatic heterocycles. The molecular formula is C9H17O3P. The molecule has 1 saturated carbocycles. The second-order valence-corrected chi connectivity index (χ2v) is 5.34. The summed E-state index contributed by atoms with van der Waals surface area (Å²) in [6.45, 7) is 8.22. The second-order valence-electron chi connectivity index (χ2n) is 3.08. The molecular weight excluding hydrogens is 187 g/mol. The average Bonchev–Trinajstić information content (AvgIpc) is 2.84. The average molecular weight is 204 g/mol. The number of hydrogen-bond acceptors (Lipinski definition) is 3. The molecule has 0 radical (unpaired) electrons. The van der Waals surface area contributed by atoms with E-state index in [1.807, 2.05) is 19.9 Å². The van der Waals surface area contributed by atoms with Gasteiger partial charge < -0.3 is 9.05 Å². The van der Waals surface area contributed by atoms with E-state index in [-0.39, 0.29) is 5.66 Å². The summed E-state index contributed by atoms with van der Waals surface area (Å²) in [5.41, 5.74) is 0.0601. The molecule has 1 aliphatic carbocycles. The van der Waals surface area contributed by atoms with E-state index in [1.54, 1.807) is 0 Å². The smallest absolute Gasteiger partial charge is 0.309 e. The van der Waals surface area contributed by atoms with E-state index in [0.29, 0.717) is 19.1 Å². The number of allylic oxidation sites excluding steroid dienone is 1. The molecule has 0 bridgehead atoms. The quantitative estimate of drug-likeness (QED) is 0.493. The highest BCUT2D eigenvalue weighted by Gasteiger charge is 2.51. The fourth-order valence-corrected chi connectivity index (χ4v) is 3.68. The SMILES string of the molecule is C=CC1C[C@@H]1P(=O)(OCC)OCC. The Bertz CT molecular complexity index is 217. The minimum Gasteiger partial charge on any atom is -0.309 e. The maximum absolute atomic E-state index is 12.1. The molecule has 0 N–H and O–H groups in total. The maximum Gasteiger partial charge on any atom is 0.334 e. The van der Waals surface area contributed by atoms with Crippen molar-refractivity contribution in [3.05, 3.63) is 12.7 Å². The highest BCUT2D eigenvalue weighted by Crippen LogP contribution is 2.65. The van der Waals surface area contributed by atoms with Gasteiger partial charge in [0.25, 0.3) is 0 Å². The molecule has 1 unspecified atom stereocenters. The topological polar surface area (TPSA) is 35.5 Å². The zero-order chi connectivity index (χ0) is 9.90. The summed E-state index contributed by atoms with van der Waals surface area (Å²) in [6, 6.07) is 0. The molecule has 0 aromatic rings. The van der Waals surface area contributed by atoms with Crippen LogP contribution in [0.15, 0.2) is 12.7 Å². The van der Waals surface area contributed by atoms with Crippen LogP contribution in [0.2, 0.25) is 0 Å². The lowest BCUT2D eigenvalue weighted by Crippen LogP contribution is -2.01. The van der Waals surface area contributed by atoms with Gasteiger partial charge in [0, 0.05) is 0 Å². The summed E-state index contributed by atoms with van der Waals surface area (Å²) in [6.07, 6.45) is 2.72. The first-order chi connectivity index (χ1) is 6.18. The molecule has 0 heterocycles. The van der Waals surface area contributed by atoms with Crippen molar-refractivity contribution in [1.82, 2.24) is 0 Å². The van der Waals surface area contributed by atoms with Gasteiger partial charge in [-0.2, -0.15) is 0 Å². The van der Waals surface area contributed by atoms with Crippen LogP contribution in [0.4, 0.5) is 0 Å². The van der Waals surface area contributed by atoms with Crippen LogP contribution in [0.25, 0.3) is 0 Å². The van der Waals surface area contributed by atoms with Gasteiger partial charge in [-0.1, -0.05) is 6.08 Å². The lowest BCUT2D eigenvalue weighted by Gasteiger charge is -2.16. The molecule has 0 amide bonds. The molecule has 0 aromatic heterocycles. The van der Waals surface area contributed by atoms with Crippen LogP contribution in [0.5, 0.6) is 0 Å². The van der Waals surface area contributed by atoms with E-state index in [2.05, 4.69) is 6.58 Å². The Hall–Kier alpha value is -0.110. The minimum absolute atomic E-state index is 0.0601. The Morgan fingerprint density at radius 3 is 2.31 bits per heavy atom. The normalized spacial score (nSPS) is 27.2.